The van der Waals surface area contributed by atoms with Crippen molar-refractivity contribution in [2.75, 3.05) is 5.75 Å². The molecule has 66 valence electrons. The van der Waals surface area contributed by atoms with Gasteiger partial charge in [0.25, 0.3) is 0 Å². The monoisotopic (exact) mass is 196 g/mol. The van der Waals surface area contributed by atoms with Crippen molar-refractivity contribution in [2.24, 2.45) is 5.92 Å². The van der Waals surface area contributed by atoms with Gasteiger partial charge in [0.2, 0.25) is 0 Å². The molecule has 0 bridgehead atoms. The van der Waals surface area contributed by atoms with E-state index in [0.717, 1.165) is 6.42 Å². The minimum atomic E-state index is -2.80. The maximum Gasteiger partial charge on any atom is 0.153 e. The highest BCUT2D eigenvalue weighted by molar-refractivity contribution is 7.92. The van der Waals surface area contributed by atoms with E-state index in [-0.39, 0.29) is 16.5 Å². The maximum absolute atomic E-state index is 11.2. The smallest absolute Gasteiger partial charge is 0.153 e. The minimum absolute atomic E-state index is 0.0257. The molecule has 0 aliphatic carbocycles. The van der Waals surface area contributed by atoms with Gasteiger partial charge in [-0.3, -0.25) is 0 Å². The van der Waals surface area contributed by atoms with Crippen LogP contribution in [0.1, 0.15) is 20.3 Å². The quantitative estimate of drug-likeness (QED) is 0.595. The number of alkyl halides is 1. The van der Waals surface area contributed by atoms with Crippen molar-refractivity contribution in [2.45, 2.75) is 30.9 Å². The number of rotatable bonds is 1. The normalized spacial score (nSPS) is 38.8. The van der Waals surface area contributed by atoms with E-state index in [1.807, 2.05) is 6.92 Å². The lowest BCUT2D eigenvalue weighted by molar-refractivity contribution is 0.510. The summed E-state index contributed by atoms with van der Waals surface area (Å²) >= 11 is 5.84. The van der Waals surface area contributed by atoms with E-state index in [4.69, 9.17) is 11.6 Å². The van der Waals surface area contributed by atoms with E-state index in [1.54, 1.807) is 6.92 Å². The zero-order valence-electron chi connectivity index (χ0n) is 6.75. The van der Waals surface area contributed by atoms with Gasteiger partial charge < -0.3 is 0 Å². The molecule has 0 spiro atoms. The summed E-state index contributed by atoms with van der Waals surface area (Å²) in [5, 5.41) is -0.266. The minimum Gasteiger partial charge on any atom is -0.229 e. The summed E-state index contributed by atoms with van der Waals surface area (Å²) in [6, 6.07) is 0. The molecule has 0 aromatic carbocycles. The molecule has 11 heavy (non-hydrogen) atoms. The van der Waals surface area contributed by atoms with Crippen molar-refractivity contribution < 1.29 is 8.42 Å². The van der Waals surface area contributed by atoms with Crippen molar-refractivity contribution in [3.05, 3.63) is 0 Å². The Hall–Kier alpha value is 0.240. The standard InChI is InChI=1S/C7H13ClO2S/c1-5(8)7-3-4-11(9,10)6(7)2/h5-7H,3-4H2,1-2H3. The van der Waals surface area contributed by atoms with Crippen LogP contribution in [-0.4, -0.2) is 24.8 Å². The van der Waals surface area contributed by atoms with Gasteiger partial charge in [0.15, 0.2) is 9.84 Å². The van der Waals surface area contributed by atoms with Gasteiger partial charge in [-0.2, -0.15) is 0 Å². The Balaban J connectivity index is 2.79. The molecular weight excluding hydrogens is 184 g/mol. The first-order chi connectivity index (χ1) is 4.95. The van der Waals surface area contributed by atoms with Crippen LogP contribution in [0.15, 0.2) is 0 Å². The number of hydrogen-bond acceptors (Lipinski definition) is 2. The molecule has 1 fully saturated rings. The van der Waals surface area contributed by atoms with Gasteiger partial charge in [-0.1, -0.05) is 0 Å². The zero-order valence-corrected chi connectivity index (χ0v) is 8.32. The van der Waals surface area contributed by atoms with Gasteiger partial charge in [0, 0.05) is 5.38 Å². The Kier molecular flexibility index (Phi) is 2.49. The topological polar surface area (TPSA) is 34.1 Å². The van der Waals surface area contributed by atoms with E-state index in [0.29, 0.717) is 5.75 Å². The highest BCUT2D eigenvalue weighted by atomic mass is 35.5. The average Bonchev–Trinajstić information content (AvgIpc) is 2.09. The van der Waals surface area contributed by atoms with E-state index >= 15 is 0 Å². The highest BCUT2D eigenvalue weighted by Gasteiger charge is 2.38. The Bertz CT molecular complexity index is 233. The van der Waals surface area contributed by atoms with Gasteiger partial charge in [-0.05, 0) is 26.2 Å². The Morgan fingerprint density at radius 2 is 2.09 bits per heavy atom. The number of halogens is 1. The van der Waals surface area contributed by atoms with Crippen LogP contribution >= 0.6 is 11.6 Å². The van der Waals surface area contributed by atoms with Gasteiger partial charge in [0.05, 0.1) is 11.0 Å². The fraction of sp³-hybridized carbons (Fsp3) is 1.00. The fourth-order valence-corrected chi connectivity index (χ4v) is 3.90. The molecule has 1 heterocycles. The van der Waals surface area contributed by atoms with Crippen LogP contribution in [0, 0.1) is 5.92 Å². The molecule has 1 aliphatic rings. The Morgan fingerprint density at radius 1 is 1.55 bits per heavy atom. The van der Waals surface area contributed by atoms with Crippen LogP contribution in [0.4, 0.5) is 0 Å². The molecule has 1 rings (SSSR count). The van der Waals surface area contributed by atoms with Crippen LogP contribution in [0.5, 0.6) is 0 Å². The summed E-state index contributed by atoms with van der Waals surface area (Å²) in [7, 11) is -2.80. The SMILES string of the molecule is CC(Cl)C1CCS(=O)(=O)C1C. The molecule has 0 amide bonds. The Labute approximate surface area is 72.9 Å². The summed E-state index contributed by atoms with van der Waals surface area (Å²) in [5.74, 6) is 0.470. The van der Waals surface area contributed by atoms with E-state index in [9.17, 15) is 8.42 Å². The number of hydrogen-bond donors (Lipinski definition) is 0. The van der Waals surface area contributed by atoms with E-state index in [2.05, 4.69) is 0 Å². The predicted molar refractivity (Wildman–Crippen MR) is 46.7 cm³/mol. The van der Waals surface area contributed by atoms with E-state index < -0.39 is 9.84 Å². The summed E-state index contributed by atoms with van der Waals surface area (Å²) in [4.78, 5) is 0. The van der Waals surface area contributed by atoms with E-state index in [1.165, 1.54) is 0 Å². The second-order valence-corrected chi connectivity index (χ2v) is 6.37. The van der Waals surface area contributed by atoms with Crippen molar-refractivity contribution in [1.82, 2.24) is 0 Å². The lowest BCUT2D eigenvalue weighted by atomic mass is 10.0. The van der Waals surface area contributed by atoms with Crippen molar-refractivity contribution >= 4 is 21.4 Å². The van der Waals surface area contributed by atoms with Crippen molar-refractivity contribution in [1.29, 1.82) is 0 Å². The van der Waals surface area contributed by atoms with Gasteiger partial charge in [-0.15, -0.1) is 11.6 Å². The molecule has 3 unspecified atom stereocenters. The van der Waals surface area contributed by atoms with Crippen LogP contribution in [-0.2, 0) is 9.84 Å². The largest absolute Gasteiger partial charge is 0.229 e. The first-order valence-electron chi connectivity index (χ1n) is 3.81. The molecule has 1 aliphatic heterocycles. The molecule has 4 heteroatoms. The number of sulfone groups is 1. The molecule has 0 aromatic heterocycles. The lowest BCUT2D eigenvalue weighted by Crippen LogP contribution is -2.23. The van der Waals surface area contributed by atoms with Crippen LogP contribution in [0.2, 0.25) is 0 Å². The zero-order chi connectivity index (χ0) is 8.65. The molecule has 0 aromatic rings. The molecular formula is C7H13ClO2S. The molecule has 0 N–H and O–H groups in total. The average molecular weight is 197 g/mol. The predicted octanol–water partition coefficient (Wildman–Crippen LogP) is 1.44. The summed E-state index contributed by atoms with van der Waals surface area (Å²) in [6.45, 7) is 3.62. The second kappa shape index (κ2) is 2.94. The van der Waals surface area contributed by atoms with Crippen molar-refractivity contribution in [3.63, 3.8) is 0 Å². The molecule has 2 nitrogen and oxygen atoms in total. The first kappa shape index (κ1) is 9.33. The highest BCUT2D eigenvalue weighted by Crippen LogP contribution is 2.31. The third-order valence-corrected chi connectivity index (χ3v) is 5.11. The fourth-order valence-electron chi connectivity index (χ4n) is 1.59. The van der Waals surface area contributed by atoms with Gasteiger partial charge in [-0.25, -0.2) is 8.42 Å². The van der Waals surface area contributed by atoms with Gasteiger partial charge in [0.1, 0.15) is 0 Å². The van der Waals surface area contributed by atoms with Gasteiger partial charge >= 0.3 is 0 Å². The summed E-state index contributed by atoms with van der Waals surface area (Å²) in [5.41, 5.74) is 0. The summed E-state index contributed by atoms with van der Waals surface area (Å²) < 4.78 is 22.4. The molecule has 0 saturated carbocycles. The molecule has 0 radical (unpaired) electrons. The second-order valence-electron chi connectivity index (χ2n) is 3.20. The van der Waals surface area contributed by atoms with Crippen LogP contribution < -0.4 is 0 Å². The van der Waals surface area contributed by atoms with Crippen LogP contribution in [0.3, 0.4) is 0 Å². The molecule has 3 atom stereocenters. The third kappa shape index (κ3) is 1.70. The Morgan fingerprint density at radius 3 is 2.27 bits per heavy atom. The lowest BCUT2D eigenvalue weighted by Gasteiger charge is -2.15. The molecule has 1 saturated heterocycles. The summed E-state index contributed by atoms with van der Waals surface area (Å²) in [6.07, 6.45) is 0.730. The maximum atomic E-state index is 11.2. The first-order valence-corrected chi connectivity index (χ1v) is 5.96. The third-order valence-electron chi connectivity index (χ3n) is 2.50. The van der Waals surface area contributed by atoms with Crippen molar-refractivity contribution in [3.8, 4) is 0 Å². The van der Waals surface area contributed by atoms with Crippen LogP contribution in [0.25, 0.3) is 0 Å².